The number of thiophene rings is 1. The summed E-state index contributed by atoms with van der Waals surface area (Å²) in [4.78, 5) is 1.03. The average Bonchev–Trinajstić information content (AvgIpc) is 2.68. The largest absolute Gasteiger partial charge is 0.326 e. The van der Waals surface area contributed by atoms with Crippen LogP contribution in [0.2, 0.25) is 0 Å². The van der Waals surface area contributed by atoms with Crippen molar-refractivity contribution in [1.29, 1.82) is 0 Å². The molecule has 0 aliphatic heterocycles. The van der Waals surface area contributed by atoms with Crippen LogP contribution in [0, 0.1) is 10.8 Å². The molecular weight excluding hydrogens is 268 g/mol. The van der Waals surface area contributed by atoms with Crippen molar-refractivity contribution in [2.45, 2.75) is 45.2 Å². The van der Waals surface area contributed by atoms with Crippen molar-refractivity contribution in [3.05, 3.63) is 16.3 Å². The topological polar surface area (TPSA) is 72.2 Å². The molecule has 102 valence electrons. The van der Waals surface area contributed by atoms with Crippen LogP contribution in [0.15, 0.2) is 16.3 Å². The van der Waals surface area contributed by atoms with E-state index >= 15 is 0 Å². The first-order valence-corrected chi connectivity index (χ1v) is 8.29. The van der Waals surface area contributed by atoms with Crippen molar-refractivity contribution in [2.75, 3.05) is 0 Å². The molecule has 0 saturated heterocycles. The molecule has 1 aliphatic carbocycles. The molecular formula is C12H20N2O2S2. The Morgan fingerprint density at radius 2 is 1.89 bits per heavy atom. The second-order valence-corrected chi connectivity index (χ2v) is 8.59. The SMILES string of the molecule is CC1(C)C(NS(=O)(=O)c2ccsc2CN)C1(C)C. The van der Waals surface area contributed by atoms with Gasteiger partial charge in [0.15, 0.2) is 0 Å². The standard InChI is InChI=1S/C12H20N2O2S2/c1-11(2)10(12(11,3)4)14-18(15,16)9-5-6-17-8(9)7-13/h5-6,10,14H,7,13H2,1-4H3. The van der Waals surface area contributed by atoms with E-state index in [1.54, 1.807) is 11.4 Å². The van der Waals surface area contributed by atoms with Crippen LogP contribution in [0.5, 0.6) is 0 Å². The average molecular weight is 288 g/mol. The molecule has 1 aromatic heterocycles. The summed E-state index contributed by atoms with van der Waals surface area (Å²) in [6, 6.07) is 1.60. The van der Waals surface area contributed by atoms with Crippen molar-refractivity contribution >= 4 is 21.4 Å². The summed E-state index contributed by atoms with van der Waals surface area (Å²) >= 11 is 1.38. The number of nitrogens with one attached hydrogen (secondary N) is 1. The van der Waals surface area contributed by atoms with Gasteiger partial charge in [-0.2, -0.15) is 0 Å². The third kappa shape index (κ3) is 1.91. The molecule has 1 heterocycles. The fourth-order valence-corrected chi connectivity index (χ4v) is 5.29. The van der Waals surface area contributed by atoms with E-state index in [-0.39, 0.29) is 23.4 Å². The van der Waals surface area contributed by atoms with E-state index in [0.29, 0.717) is 9.77 Å². The lowest BCUT2D eigenvalue weighted by Gasteiger charge is -2.08. The first-order chi connectivity index (χ1) is 8.14. The zero-order valence-corrected chi connectivity index (χ0v) is 12.8. The third-order valence-corrected chi connectivity index (χ3v) is 7.05. The van der Waals surface area contributed by atoms with E-state index in [9.17, 15) is 8.42 Å². The van der Waals surface area contributed by atoms with E-state index in [2.05, 4.69) is 32.4 Å². The molecule has 6 heteroatoms. The maximum atomic E-state index is 12.3. The summed E-state index contributed by atoms with van der Waals surface area (Å²) < 4.78 is 27.5. The van der Waals surface area contributed by atoms with Crippen molar-refractivity contribution in [1.82, 2.24) is 4.72 Å². The summed E-state index contributed by atoms with van der Waals surface area (Å²) in [5, 5.41) is 1.76. The Morgan fingerprint density at radius 1 is 1.33 bits per heavy atom. The van der Waals surface area contributed by atoms with Crippen LogP contribution in [-0.2, 0) is 16.6 Å². The van der Waals surface area contributed by atoms with Crippen molar-refractivity contribution in [3.8, 4) is 0 Å². The van der Waals surface area contributed by atoms with Gasteiger partial charge in [-0.3, -0.25) is 0 Å². The highest BCUT2D eigenvalue weighted by Gasteiger charge is 2.66. The molecule has 1 aromatic rings. The van der Waals surface area contributed by atoms with Crippen LogP contribution in [0.25, 0.3) is 0 Å². The molecule has 1 saturated carbocycles. The third-order valence-electron chi connectivity index (χ3n) is 4.47. The smallest absolute Gasteiger partial charge is 0.242 e. The predicted octanol–water partition coefficient (Wildman–Crippen LogP) is 1.92. The van der Waals surface area contributed by atoms with Crippen molar-refractivity contribution < 1.29 is 8.42 Å². The van der Waals surface area contributed by atoms with Crippen LogP contribution < -0.4 is 10.5 Å². The molecule has 0 amide bonds. The predicted molar refractivity (Wildman–Crippen MR) is 73.9 cm³/mol. The van der Waals surface area contributed by atoms with Gasteiger partial charge in [-0.05, 0) is 22.3 Å². The maximum absolute atomic E-state index is 12.3. The van der Waals surface area contributed by atoms with Crippen LogP contribution in [-0.4, -0.2) is 14.5 Å². The Labute approximate surface area is 113 Å². The van der Waals surface area contributed by atoms with Gasteiger partial charge in [0.1, 0.15) is 0 Å². The number of sulfonamides is 1. The Kier molecular flexibility index (Phi) is 3.13. The van der Waals surface area contributed by atoms with Gasteiger partial charge in [0.05, 0.1) is 4.90 Å². The van der Waals surface area contributed by atoms with Gasteiger partial charge in [0.2, 0.25) is 10.0 Å². The highest BCUT2D eigenvalue weighted by molar-refractivity contribution is 7.89. The maximum Gasteiger partial charge on any atom is 0.242 e. The minimum Gasteiger partial charge on any atom is -0.326 e. The normalized spacial score (nSPS) is 22.1. The number of rotatable bonds is 4. The Hall–Kier alpha value is -0.430. The second-order valence-electron chi connectivity index (χ2n) is 5.91. The fraction of sp³-hybridized carbons (Fsp3) is 0.667. The van der Waals surface area contributed by atoms with Gasteiger partial charge in [-0.25, -0.2) is 13.1 Å². The summed E-state index contributed by atoms with van der Waals surface area (Å²) in [6.07, 6.45) is 0. The summed E-state index contributed by atoms with van der Waals surface area (Å²) in [5.41, 5.74) is 5.53. The zero-order chi connectivity index (χ0) is 13.8. The van der Waals surface area contributed by atoms with Crippen LogP contribution in [0.1, 0.15) is 32.6 Å². The summed E-state index contributed by atoms with van der Waals surface area (Å²) in [7, 11) is -3.46. The highest BCUT2D eigenvalue weighted by atomic mass is 32.2. The van der Waals surface area contributed by atoms with Gasteiger partial charge < -0.3 is 5.73 Å². The first-order valence-electron chi connectivity index (χ1n) is 5.93. The lowest BCUT2D eigenvalue weighted by atomic mass is 10.0. The minimum atomic E-state index is -3.46. The van der Waals surface area contributed by atoms with Crippen molar-refractivity contribution in [2.24, 2.45) is 16.6 Å². The minimum absolute atomic E-state index is 0.0149. The quantitative estimate of drug-likeness (QED) is 0.889. The van der Waals surface area contributed by atoms with E-state index in [1.807, 2.05) is 0 Å². The molecule has 0 spiro atoms. The molecule has 0 radical (unpaired) electrons. The number of nitrogens with two attached hydrogens (primary N) is 1. The summed E-state index contributed by atoms with van der Waals surface area (Å²) in [5.74, 6) is 0. The Morgan fingerprint density at radius 3 is 2.33 bits per heavy atom. The first kappa shape index (κ1) is 14.0. The van der Waals surface area contributed by atoms with Gasteiger partial charge in [0, 0.05) is 17.5 Å². The molecule has 18 heavy (non-hydrogen) atoms. The van der Waals surface area contributed by atoms with E-state index in [0.717, 1.165) is 0 Å². The monoisotopic (exact) mass is 288 g/mol. The lowest BCUT2D eigenvalue weighted by Crippen LogP contribution is -2.30. The fourth-order valence-electron chi connectivity index (χ4n) is 2.43. The van der Waals surface area contributed by atoms with Gasteiger partial charge in [0.25, 0.3) is 0 Å². The number of hydrogen-bond acceptors (Lipinski definition) is 4. The van der Waals surface area contributed by atoms with Gasteiger partial charge >= 0.3 is 0 Å². The molecule has 4 nitrogen and oxygen atoms in total. The lowest BCUT2D eigenvalue weighted by molar-refractivity contribution is 0.457. The highest BCUT2D eigenvalue weighted by Crippen LogP contribution is 2.63. The van der Waals surface area contributed by atoms with Crippen molar-refractivity contribution in [3.63, 3.8) is 0 Å². The zero-order valence-electron chi connectivity index (χ0n) is 11.1. The van der Waals surface area contributed by atoms with Gasteiger partial charge in [-0.15, -0.1) is 11.3 Å². The molecule has 1 fully saturated rings. The van der Waals surface area contributed by atoms with E-state index < -0.39 is 10.0 Å². The molecule has 2 rings (SSSR count). The molecule has 1 aliphatic rings. The Bertz CT molecular complexity index is 544. The molecule has 0 unspecified atom stereocenters. The van der Waals surface area contributed by atoms with E-state index in [4.69, 9.17) is 5.73 Å². The molecule has 0 bridgehead atoms. The molecule has 0 atom stereocenters. The molecule has 3 N–H and O–H groups in total. The second kappa shape index (κ2) is 4.03. The Balaban J connectivity index is 2.25. The summed E-state index contributed by atoms with van der Waals surface area (Å²) in [6.45, 7) is 8.58. The van der Waals surface area contributed by atoms with Crippen LogP contribution >= 0.6 is 11.3 Å². The van der Waals surface area contributed by atoms with Crippen LogP contribution in [0.3, 0.4) is 0 Å². The molecule has 0 aromatic carbocycles. The number of hydrogen-bond donors (Lipinski definition) is 2. The van der Waals surface area contributed by atoms with Gasteiger partial charge in [-0.1, -0.05) is 27.7 Å². The van der Waals surface area contributed by atoms with Crippen LogP contribution in [0.4, 0.5) is 0 Å². The van der Waals surface area contributed by atoms with E-state index in [1.165, 1.54) is 11.3 Å².